The Labute approximate surface area is 135 Å². The third-order valence-corrected chi connectivity index (χ3v) is 5.31. The molecule has 1 atom stereocenters. The minimum atomic E-state index is -0.393. The average molecular weight is 322 g/mol. The standard InChI is InChI=1S/C18H21ClFNO/c19-16-10-13(7-9-17(16)20)18-14(11-21-22)6-8-15(18)12-4-2-1-3-5-12/h7,9-12,14,22H,1-6,8H2. The summed E-state index contributed by atoms with van der Waals surface area (Å²) in [6, 6.07) is 4.93. The topological polar surface area (TPSA) is 32.6 Å². The molecule has 0 aromatic heterocycles. The monoisotopic (exact) mass is 321 g/mol. The van der Waals surface area contributed by atoms with Crippen molar-refractivity contribution >= 4 is 23.4 Å². The molecule has 2 aliphatic rings. The van der Waals surface area contributed by atoms with Crippen LogP contribution in [0.4, 0.5) is 4.39 Å². The predicted molar refractivity (Wildman–Crippen MR) is 87.9 cm³/mol. The molecule has 0 aliphatic heterocycles. The van der Waals surface area contributed by atoms with E-state index in [4.69, 9.17) is 16.8 Å². The number of rotatable bonds is 3. The molecule has 0 amide bonds. The van der Waals surface area contributed by atoms with Crippen molar-refractivity contribution in [2.45, 2.75) is 44.9 Å². The van der Waals surface area contributed by atoms with Gasteiger partial charge in [-0.15, -0.1) is 5.16 Å². The van der Waals surface area contributed by atoms with Gasteiger partial charge in [0.2, 0.25) is 0 Å². The van der Waals surface area contributed by atoms with Crippen molar-refractivity contribution < 1.29 is 9.60 Å². The normalized spacial score (nSPS) is 23.6. The molecule has 0 saturated heterocycles. The fraction of sp³-hybridized carbons (Fsp3) is 0.500. The molecular formula is C18H21ClFNO. The first-order valence-corrected chi connectivity index (χ1v) is 8.44. The van der Waals surface area contributed by atoms with Crippen molar-refractivity contribution in [3.05, 3.63) is 40.2 Å². The average Bonchev–Trinajstić information content (AvgIpc) is 2.95. The Morgan fingerprint density at radius 1 is 1.18 bits per heavy atom. The lowest BCUT2D eigenvalue weighted by atomic mass is 9.80. The molecule has 1 N–H and O–H groups in total. The molecule has 1 fully saturated rings. The molecule has 0 spiro atoms. The highest BCUT2D eigenvalue weighted by molar-refractivity contribution is 6.30. The molecular weight excluding hydrogens is 301 g/mol. The van der Waals surface area contributed by atoms with Crippen LogP contribution < -0.4 is 0 Å². The molecule has 0 heterocycles. The van der Waals surface area contributed by atoms with Crippen molar-refractivity contribution in [2.75, 3.05) is 0 Å². The number of benzene rings is 1. The van der Waals surface area contributed by atoms with Crippen LogP contribution in [0.15, 0.2) is 28.9 Å². The Kier molecular flexibility index (Phi) is 4.82. The summed E-state index contributed by atoms with van der Waals surface area (Å²) in [6.45, 7) is 0. The maximum absolute atomic E-state index is 13.5. The van der Waals surface area contributed by atoms with E-state index in [1.54, 1.807) is 18.3 Å². The Bertz CT molecular complexity index is 605. The molecule has 1 unspecified atom stereocenters. The summed E-state index contributed by atoms with van der Waals surface area (Å²) in [7, 11) is 0. The van der Waals surface area contributed by atoms with Gasteiger partial charge in [0.25, 0.3) is 0 Å². The van der Waals surface area contributed by atoms with E-state index < -0.39 is 5.82 Å². The Morgan fingerprint density at radius 2 is 1.95 bits per heavy atom. The van der Waals surface area contributed by atoms with Crippen molar-refractivity contribution in [3.63, 3.8) is 0 Å². The minimum Gasteiger partial charge on any atom is -0.411 e. The second-order valence-corrected chi connectivity index (χ2v) is 6.72. The zero-order chi connectivity index (χ0) is 15.5. The summed E-state index contributed by atoms with van der Waals surface area (Å²) >= 11 is 5.97. The van der Waals surface area contributed by atoms with E-state index in [-0.39, 0.29) is 10.9 Å². The zero-order valence-electron chi connectivity index (χ0n) is 12.6. The summed E-state index contributed by atoms with van der Waals surface area (Å²) in [5.74, 6) is 0.323. The molecule has 1 aromatic rings. The zero-order valence-corrected chi connectivity index (χ0v) is 13.3. The highest BCUT2D eigenvalue weighted by Crippen LogP contribution is 2.45. The van der Waals surface area contributed by atoms with Crippen LogP contribution in [-0.2, 0) is 0 Å². The van der Waals surface area contributed by atoms with Gasteiger partial charge in [-0.2, -0.15) is 0 Å². The molecule has 3 rings (SSSR count). The Balaban J connectivity index is 2.03. The minimum absolute atomic E-state index is 0.100. The number of hydrogen-bond acceptors (Lipinski definition) is 2. The molecule has 22 heavy (non-hydrogen) atoms. The van der Waals surface area contributed by atoms with Gasteiger partial charge in [0, 0.05) is 5.92 Å². The maximum atomic E-state index is 13.5. The van der Waals surface area contributed by atoms with E-state index in [9.17, 15) is 4.39 Å². The van der Waals surface area contributed by atoms with Gasteiger partial charge in [-0.3, -0.25) is 0 Å². The molecule has 118 valence electrons. The van der Waals surface area contributed by atoms with E-state index in [1.807, 2.05) is 0 Å². The number of hydrogen-bond donors (Lipinski definition) is 1. The molecule has 0 radical (unpaired) electrons. The van der Waals surface area contributed by atoms with Gasteiger partial charge in [-0.1, -0.05) is 42.5 Å². The number of halogens is 2. The fourth-order valence-electron chi connectivity index (χ4n) is 4.00. The van der Waals surface area contributed by atoms with Gasteiger partial charge in [-0.05, 0) is 54.9 Å². The third kappa shape index (κ3) is 3.05. The molecule has 1 saturated carbocycles. The van der Waals surface area contributed by atoms with Gasteiger partial charge in [0.05, 0.1) is 11.2 Å². The predicted octanol–water partition coefficient (Wildman–Crippen LogP) is 5.68. The summed E-state index contributed by atoms with van der Waals surface area (Å²) in [4.78, 5) is 0. The number of nitrogens with zero attached hydrogens (tertiary/aromatic N) is 1. The van der Waals surface area contributed by atoms with Crippen LogP contribution in [0.2, 0.25) is 5.02 Å². The lowest BCUT2D eigenvalue weighted by Crippen LogP contribution is -2.10. The van der Waals surface area contributed by atoms with Crippen LogP contribution in [0.5, 0.6) is 0 Å². The van der Waals surface area contributed by atoms with E-state index in [0.717, 1.165) is 18.4 Å². The van der Waals surface area contributed by atoms with Crippen LogP contribution in [0, 0.1) is 17.7 Å². The van der Waals surface area contributed by atoms with Gasteiger partial charge in [0.15, 0.2) is 0 Å². The second-order valence-electron chi connectivity index (χ2n) is 6.31. The molecule has 4 heteroatoms. The van der Waals surface area contributed by atoms with E-state index in [2.05, 4.69) is 5.16 Å². The fourth-order valence-corrected chi connectivity index (χ4v) is 4.18. The van der Waals surface area contributed by atoms with Gasteiger partial charge < -0.3 is 5.21 Å². The van der Waals surface area contributed by atoms with Crippen molar-refractivity contribution in [1.82, 2.24) is 0 Å². The molecule has 2 aliphatic carbocycles. The Morgan fingerprint density at radius 3 is 2.64 bits per heavy atom. The van der Waals surface area contributed by atoms with Crippen LogP contribution >= 0.6 is 11.6 Å². The maximum Gasteiger partial charge on any atom is 0.141 e. The van der Waals surface area contributed by atoms with Crippen molar-refractivity contribution in [2.24, 2.45) is 17.0 Å². The van der Waals surface area contributed by atoms with Gasteiger partial charge in [-0.25, -0.2) is 4.39 Å². The van der Waals surface area contributed by atoms with Crippen molar-refractivity contribution in [1.29, 1.82) is 0 Å². The first-order valence-electron chi connectivity index (χ1n) is 8.06. The highest BCUT2D eigenvalue weighted by Gasteiger charge is 2.31. The number of oxime groups is 1. The first-order chi connectivity index (χ1) is 10.7. The largest absolute Gasteiger partial charge is 0.411 e. The van der Waals surface area contributed by atoms with E-state index >= 15 is 0 Å². The summed E-state index contributed by atoms with van der Waals surface area (Å²) < 4.78 is 13.5. The van der Waals surface area contributed by atoms with Gasteiger partial charge in [0.1, 0.15) is 5.82 Å². The molecule has 2 nitrogen and oxygen atoms in total. The summed E-state index contributed by atoms with van der Waals surface area (Å²) in [5.41, 5.74) is 3.63. The quantitative estimate of drug-likeness (QED) is 0.433. The SMILES string of the molecule is ON=CC1CCC(C2CCCCC2)=C1c1ccc(F)c(Cl)c1. The molecule has 0 bridgehead atoms. The van der Waals surface area contributed by atoms with Gasteiger partial charge >= 0.3 is 0 Å². The van der Waals surface area contributed by atoms with Crippen LogP contribution in [0.3, 0.4) is 0 Å². The lowest BCUT2D eigenvalue weighted by molar-refractivity contribution is 0.319. The third-order valence-electron chi connectivity index (χ3n) is 5.02. The molecule has 1 aromatic carbocycles. The Hall–Kier alpha value is -1.35. The van der Waals surface area contributed by atoms with Crippen LogP contribution in [-0.4, -0.2) is 11.4 Å². The number of allylic oxidation sites excluding steroid dienone is 2. The van der Waals surface area contributed by atoms with Crippen LogP contribution in [0.1, 0.15) is 50.5 Å². The second kappa shape index (κ2) is 6.82. The van der Waals surface area contributed by atoms with Crippen molar-refractivity contribution in [3.8, 4) is 0 Å². The first kappa shape index (κ1) is 15.5. The van der Waals surface area contributed by atoms with E-state index in [0.29, 0.717) is 5.92 Å². The van der Waals surface area contributed by atoms with Crippen LogP contribution in [0.25, 0.3) is 5.57 Å². The lowest BCUT2D eigenvalue weighted by Gasteiger charge is -2.25. The smallest absolute Gasteiger partial charge is 0.141 e. The van der Waals surface area contributed by atoms with E-state index in [1.165, 1.54) is 49.3 Å². The highest BCUT2D eigenvalue weighted by atomic mass is 35.5. The summed E-state index contributed by atoms with van der Waals surface area (Å²) in [6.07, 6.45) is 9.94. The summed E-state index contributed by atoms with van der Waals surface area (Å²) in [5, 5.41) is 12.3.